The largest absolute Gasteiger partial charge is 0.338 e. The highest BCUT2D eigenvalue weighted by Crippen LogP contribution is 2.23. The average molecular weight is 314 g/mol. The zero-order valence-electron chi connectivity index (χ0n) is 10.6. The van der Waals surface area contributed by atoms with Crippen LogP contribution in [0.1, 0.15) is 23.3 Å². The second kappa shape index (κ2) is 6.11. The van der Waals surface area contributed by atoms with Crippen molar-refractivity contribution in [1.29, 1.82) is 0 Å². The minimum absolute atomic E-state index is 0.0751. The van der Waals surface area contributed by atoms with E-state index in [2.05, 4.69) is 15.5 Å². The molecule has 1 aromatic carbocycles. The van der Waals surface area contributed by atoms with Gasteiger partial charge in [-0.25, -0.2) is 4.39 Å². The Morgan fingerprint density at radius 1 is 1.50 bits per heavy atom. The van der Waals surface area contributed by atoms with Crippen LogP contribution in [0, 0.1) is 5.82 Å². The zero-order valence-corrected chi connectivity index (χ0v) is 12.2. The quantitative estimate of drug-likeness (QED) is 0.944. The van der Waals surface area contributed by atoms with Gasteiger partial charge >= 0.3 is 0 Å². The van der Waals surface area contributed by atoms with E-state index in [0.29, 0.717) is 22.3 Å². The maximum Gasteiger partial charge on any atom is 0.244 e. The van der Waals surface area contributed by atoms with Crippen molar-refractivity contribution in [1.82, 2.24) is 15.5 Å². The van der Waals surface area contributed by atoms with Gasteiger partial charge in [-0.1, -0.05) is 22.8 Å². The maximum absolute atomic E-state index is 13.7. The van der Waals surface area contributed by atoms with Crippen molar-refractivity contribution in [2.45, 2.75) is 12.5 Å². The Morgan fingerprint density at radius 3 is 3.15 bits per heavy atom. The van der Waals surface area contributed by atoms with E-state index >= 15 is 0 Å². The van der Waals surface area contributed by atoms with Crippen molar-refractivity contribution in [2.75, 3.05) is 18.1 Å². The first-order valence-electron chi connectivity index (χ1n) is 6.30. The first-order valence-corrected chi connectivity index (χ1v) is 7.84. The van der Waals surface area contributed by atoms with E-state index in [0.717, 1.165) is 18.1 Å². The summed E-state index contributed by atoms with van der Waals surface area (Å²) in [5.41, 5.74) is 0.396. The summed E-state index contributed by atoms with van der Waals surface area (Å²) >= 11 is 7.84. The highest BCUT2D eigenvalue weighted by molar-refractivity contribution is 7.99. The number of aromatic nitrogens is 2. The molecule has 0 amide bonds. The highest BCUT2D eigenvalue weighted by atomic mass is 35.5. The lowest BCUT2D eigenvalue weighted by atomic mass is 10.1. The first kappa shape index (κ1) is 13.9. The third-order valence-electron chi connectivity index (χ3n) is 3.10. The van der Waals surface area contributed by atoms with Crippen LogP contribution in [0.4, 0.5) is 4.39 Å². The molecule has 0 radical (unpaired) electrons. The fraction of sp³-hybridized carbons (Fsp3) is 0.385. The zero-order chi connectivity index (χ0) is 13.9. The minimum atomic E-state index is -0.352. The Labute approximate surface area is 125 Å². The number of nitrogens with one attached hydrogen (secondary N) is 1. The number of thioether (sulfide) groups is 1. The summed E-state index contributed by atoms with van der Waals surface area (Å²) in [6, 6.07) is 4.68. The lowest BCUT2D eigenvalue weighted by molar-refractivity contribution is 0.339. The molecule has 2 heterocycles. The molecule has 7 heteroatoms. The van der Waals surface area contributed by atoms with Crippen LogP contribution in [-0.2, 0) is 6.42 Å². The van der Waals surface area contributed by atoms with E-state index in [1.807, 2.05) is 11.8 Å². The molecule has 3 rings (SSSR count). The van der Waals surface area contributed by atoms with Gasteiger partial charge in [0.1, 0.15) is 5.82 Å². The average Bonchev–Trinajstić information content (AvgIpc) is 2.93. The molecule has 20 heavy (non-hydrogen) atoms. The molecular formula is C13H13ClFN3OS. The van der Waals surface area contributed by atoms with E-state index in [-0.39, 0.29) is 18.3 Å². The lowest BCUT2D eigenvalue weighted by Crippen LogP contribution is -2.30. The second-order valence-electron chi connectivity index (χ2n) is 4.51. The molecule has 4 nitrogen and oxygen atoms in total. The predicted molar refractivity (Wildman–Crippen MR) is 76.6 cm³/mol. The third kappa shape index (κ3) is 2.97. The van der Waals surface area contributed by atoms with Crippen molar-refractivity contribution < 1.29 is 8.91 Å². The molecule has 1 aliphatic rings. The molecule has 106 valence electrons. The topological polar surface area (TPSA) is 51.0 Å². The smallest absolute Gasteiger partial charge is 0.244 e. The molecule has 0 aliphatic carbocycles. The van der Waals surface area contributed by atoms with E-state index in [9.17, 15) is 4.39 Å². The number of halogens is 2. The Bertz CT molecular complexity index is 581. The number of hydrogen-bond acceptors (Lipinski definition) is 5. The highest BCUT2D eigenvalue weighted by Gasteiger charge is 2.22. The summed E-state index contributed by atoms with van der Waals surface area (Å²) in [5, 5.41) is 7.60. The van der Waals surface area contributed by atoms with Crippen LogP contribution in [0.25, 0.3) is 0 Å². The summed E-state index contributed by atoms with van der Waals surface area (Å²) in [6.45, 7) is 0.923. The van der Waals surface area contributed by atoms with E-state index < -0.39 is 0 Å². The molecule has 1 aliphatic heterocycles. The van der Waals surface area contributed by atoms with Gasteiger partial charge in [-0.3, -0.25) is 0 Å². The van der Waals surface area contributed by atoms with Gasteiger partial charge in [-0.2, -0.15) is 16.7 Å². The predicted octanol–water partition coefficient (Wildman–Crippen LogP) is 2.83. The van der Waals surface area contributed by atoms with Gasteiger partial charge < -0.3 is 9.84 Å². The Morgan fingerprint density at radius 2 is 2.40 bits per heavy atom. The molecule has 0 spiro atoms. The number of nitrogens with zero attached hydrogens (tertiary/aromatic N) is 2. The monoisotopic (exact) mass is 313 g/mol. The van der Waals surface area contributed by atoms with Gasteiger partial charge in [0.15, 0.2) is 5.82 Å². The molecular weight excluding hydrogens is 301 g/mol. The minimum Gasteiger partial charge on any atom is -0.338 e. The maximum atomic E-state index is 13.7. The Hall–Kier alpha value is -1.11. The van der Waals surface area contributed by atoms with Gasteiger partial charge in [-0.05, 0) is 12.1 Å². The van der Waals surface area contributed by atoms with Crippen molar-refractivity contribution in [2.24, 2.45) is 0 Å². The van der Waals surface area contributed by atoms with Gasteiger partial charge in [-0.15, -0.1) is 0 Å². The molecule has 1 N–H and O–H groups in total. The molecule has 1 atom stereocenters. The van der Waals surface area contributed by atoms with E-state index in [4.69, 9.17) is 16.1 Å². The van der Waals surface area contributed by atoms with E-state index in [1.54, 1.807) is 12.1 Å². The van der Waals surface area contributed by atoms with Gasteiger partial charge in [0, 0.05) is 35.1 Å². The van der Waals surface area contributed by atoms with Crippen LogP contribution >= 0.6 is 23.4 Å². The Kier molecular flexibility index (Phi) is 4.24. The summed E-state index contributed by atoms with van der Waals surface area (Å²) < 4.78 is 19.0. The van der Waals surface area contributed by atoms with Crippen molar-refractivity contribution >= 4 is 23.4 Å². The van der Waals surface area contributed by atoms with Crippen LogP contribution in [0.2, 0.25) is 5.02 Å². The summed E-state index contributed by atoms with van der Waals surface area (Å²) in [5.74, 6) is 2.64. The fourth-order valence-electron chi connectivity index (χ4n) is 2.06. The molecule has 1 unspecified atom stereocenters. The first-order chi connectivity index (χ1) is 9.74. The number of hydrogen-bond donors (Lipinski definition) is 1. The standard InChI is InChI=1S/C13H13ClFN3OS/c14-9-2-1-3-10(15)8(9)6-12-17-13(19-18-12)11-7-20-5-4-16-11/h1-3,11,16H,4-7H2. The third-order valence-corrected chi connectivity index (χ3v) is 4.52. The fourth-order valence-corrected chi connectivity index (χ4v) is 3.22. The normalized spacial score (nSPS) is 19.2. The summed E-state index contributed by atoms with van der Waals surface area (Å²) in [7, 11) is 0. The van der Waals surface area contributed by atoms with Crippen LogP contribution in [0.3, 0.4) is 0 Å². The van der Waals surface area contributed by atoms with Crippen LogP contribution in [0.15, 0.2) is 22.7 Å². The Balaban J connectivity index is 1.77. The lowest BCUT2D eigenvalue weighted by Gasteiger charge is -2.19. The van der Waals surface area contributed by atoms with Crippen molar-refractivity contribution in [3.8, 4) is 0 Å². The SMILES string of the molecule is Fc1cccc(Cl)c1Cc1noc(C2CSCCN2)n1. The molecule has 1 saturated heterocycles. The molecule has 1 fully saturated rings. The second-order valence-corrected chi connectivity index (χ2v) is 6.06. The van der Waals surface area contributed by atoms with Crippen molar-refractivity contribution in [3.05, 3.63) is 46.3 Å². The molecule has 0 saturated carbocycles. The van der Waals surface area contributed by atoms with Crippen LogP contribution in [0.5, 0.6) is 0 Å². The summed E-state index contributed by atoms with van der Waals surface area (Å²) in [4.78, 5) is 4.33. The van der Waals surface area contributed by atoms with E-state index in [1.165, 1.54) is 6.07 Å². The van der Waals surface area contributed by atoms with Crippen molar-refractivity contribution in [3.63, 3.8) is 0 Å². The van der Waals surface area contributed by atoms with Crippen LogP contribution in [-0.4, -0.2) is 28.2 Å². The number of benzene rings is 1. The molecule has 0 bridgehead atoms. The van der Waals surface area contributed by atoms with Gasteiger partial charge in [0.05, 0.1) is 6.04 Å². The van der Waals surface area contributed by atoms with Gasteiger partial charge in [0.25, 0.3) is 0 Å². The number of rotatable bonds is 3. The van der Waals surface area contributed by atoms with Crippen LogP contribution < -0.4 is 5.32 Å². The molecule has 2 aromatic rings. The molecule has 1 aromatic heterocycles. The summed E-state index contributed by atoms with van der Waals surface area (Å²) in [6.07, 6.45) is 0.231. The van der Waals surface area contributed by atoms with Gasteiger partial charge in [0.2, 0.25) is 5.89 Å².